The van der Waals surface area contributed by atoms with Crippen LogP contribution in [0.15, 0.2) is 30.5 Å². The predicted octanol–water partition coefficient (Wildman–Crippen LogP) is 3.62. The first-order valence-corrected chi connectivity index (χ1v) is 7.88. The third kappa shape index (κ3) is 3.10. The van der Waals surface area contributed by atoms with Crippen LogP contribution >= 0.6 is 0 Å². The van der Waals surface area contributed by atoms with Gasteiger partial charge in [-0.15, -0.1) is 0 Å². The molecule has 0 saturated carbocycles. The summed E-state index contributed by atoms with van der Waals surface area (Å²) in [6.45, 7) is 5.60. The van der Waals surface area contributed by atoms with Crippen LogP contribution in [-0.2, 0) is 0 Å². The Labute approximate surface area is 147 Å². The third-order valence-electron chi connectivity index (χ3n) is 3.90. The number of rotatable bonds is 4. The van der Waals surface area contributed by atoms with E-state index in [2.05, 4.69) is 15.4 Å². The van der Waals surface area contributed by atoms with Crippen LogP contribution in [0.4, 0.5) is 15.8 Å². The highest BCUT2D eigenvalue weighted by atomic mass is 19.1. The average Bonchev–Trinajstić information content (AvgIpc) is 2.98. The summed E-state index contributed by atoms with van der Waals surface area (Å²) >= 11 is 0. The SMILES string of the molecule is Cc1nc2c(cnn2C(C)C)cc1C(=O)Nc1cc([N+](=O)[O-])ccc1F. The molecule has 9 heteroatoms. The van der Waals surface area contributed by atoms with E-state index in [9.17, 15) is 19.3 Å². The van der Waals surface area contributed by atoms with Gasteiger partial charge in [-0.1, -0.05) is 0 Å². The van der Waals surface area contributed by atoms with Gasteiger partial charge < -0.3 is 5.32 Å². The molecule has 0 aliphatic carbocycles. The second-order valence-corrected chi connectivity index (χ2v) is 6.09. The fourth-order valence-electron chi connectivity index (χ4n) is 2.59. The number of aromatic nitrogens is 3. The van der Waals surface area contributed by atoms with E-state index >= 15 is 0 Å². The molecule has 1 N–H and O–H groups in total. The molecule has 0 unspecified atom stereocenters. The maximum atomic E-state index is 13.9. The standard InChI is InChI=1S/C17H16FN5O3/c1-9(2)22-16-11(8-19-22)6-13(10(3)20-16)17(24)21-15-7-12(23(25)26)4-5-14(15)18/h4-9H,1-3H3,(H,21,24). The Kier molecular flexibility index (Phi) is 4.37. The number of pyridine rings is 1. The van der Waals surface area contributed by atoms with Crippen LogP contribution in [0, 0.1) is 22.9 Å². The molecule has 1 aromatic carbocycles. The van der Waals surface area contributed by atoms with Gasteiger partial charge in [0.15, 0.2) is 5.65 Å². The molecular formula is C17H16FN5O3. The zero-order valence-corrected chi connectivity index (χ0v) is 14.4. The molecule has 2 heterocycles. The van der Waals surface area contributed by atoms with Gasteiger partial charge in [-0.2, -0.15) is 5.10 Å². The lowest BCUT2D eigenvalue weighted by Gasteiger charge is -2.10. The van der Waals surface area contributed by atoms with Crippen LogP contribution < -0.4 is 5.32 Å². The molecule has 0 aliphatic rings. The molecule has 1 amide bonds. The molecular weight excluding hydrogens is 341 g/mol. The molecule has 0 bridgehead atoms. The number of nitrogens with zero attached hydrogens (tertiary/aromatic N) is 4. The van der Waals surface area contributed by atoms with Crippen LogP contribution in [0.2, 0.25) is 0 Å². The molecule has 26 heavy (non-hydrogen) atoms. The van der Waals surface area contributed by atoms with Gasteiger partial charge in [0.1, 0.15) is 5.82 Å². The summed E-state index contributed by atoms with van der Waals surface area (Å²) in [5.74, 6) is -1.36. The number of nitro groups is 1. The lowest BCUT2D eigenvalue weighted by atomic mass is 10.1. The fraction of sp³-hybridized carbons (Fsp3) is 0.235. The van der Waals surface area contributed by atoms with Crippen molar-refractivity contribution in [1.29, 1.82) is 0 Å². The van der Waals surface area contributed by atoms with Crippen molar-refractivity contribution in [2.24, 2.45) is 0 Å². The van der Waals surface area contributed by atoms with Gasteiger partial charge in [0.05, 0.1) is 28.1 Å². The minimum Gasteiger partial charge on any atom is -0.319 e. The number of carbonyl (C=O) groups is 1. The van der Waals surface area contributed by atoms with Crippen molar-refractivity contribution in [3.63, 3.8) is 0 Å². The number of non-ortho nitro benzene ring substituents is 1. The van der Waals surface area contributed by atoms with Gasteiger partial charge in [-0.05, 0) is 32.9 Å². The van der Waals surface area contributed by atoms with Gasteiger partial charge in [-0.25, -0.2) is 14.1 Å². The summed E-state index contributed by atoms with van der Waals surface area (Å²) in [4.78, 5) is 27.1. The molecule has 134 valence electrons. The first-order valence-electron chi connectivity index (χ1n) is 7.88. The Morgan fingerprint density at radius 2 is 2.08 bits per heavy atom. The van der Waals surface area contributed by atoms with E-state index in [1.54, 1.807) is 23.9 Å². The minimum atomic E-state index is -0.761. The number of anilines is 1. The van der Waals surface area contributed by atoms with E-state index < -0.39 is 16.6 Å². The number of halogens is 1. The summed E-state index contributed by atoms with van der Waals surface area (Å²) in [5, 5.41) is 18.1. The van der Waals surface area contributed by atoms with E-state index in [1.165, 1.54) is 0 Å². The van der Waals surface area contributed by atoms with Crippen molar-refractivity contribution in [2.45, 2.75) is 26.8 Å². The molecule has 0 fully saturated rings. The predicted molar refractivity (Wildman–Crippen MR) is 93.7 cm³/mol. The number of nitrogens with one attached hydrogen (secondary N) is 1. The minimum absolute atomic E-state index is 0.109. The molecule has 0 aliphatic heterocycles. The zero-order valence-electron chi connectivity index (χ0n) is 14.4. The number of hydrogen-bond acceptors (Lipinski definition) is 5. The summed E-state index contributed by atoms with van der Waals surface area (Å²) < 4.78 is 15.6. The molecule has 0 saturated heterocycles. The van der Waals surface area contributed by atoms with Crippen LogP contribution in [0.5, 0.6) is 0 Å². The topological polar surface area (TPSA) is 103 Å². The third-order valence-corrected chi connectivity index (χ3v) is 3.90. The second kappa shape index (κ2) is 6.51. The van der Waals surface area contributed by atoms with Gasteiger partial charge in [0.25, 0.3) is 11.6 Å². The zero-order chi connectivity index (χ0) is 19.0. The first kappa shape index (κ1) is 17.5. The number of nitro benzene ring substituents is 1. The van der Waals surface area contributed by atoms with Crippen molar-refractivity contribution < 1.29 is 14.1 Å². The molecule has 0 radical (unpaired) electrons. The molecule has 3 aromatic rings. The highest BCUT2D eigenvalue weighted by molar-refractivity contribution is 6.06. The van der Waals surface area contributed by atoms with E-state index in [-0.39, 0.29) is 23.0 Å². The Morgan fingerprint density at radius 1 is 1.35 bits per heavy atom. The van der Waals surface area contributed by atoms with Gasteiger partial charge in [0, 0.05) is 23.6 Å². The molecule has 0 atom stereocenters. The number of hydrogen-bond donors (Lipinski definition) is 1. The van der Waals surface area contributed by atoms with Crippen molar-refractivity contribution in [3.8, 4) is 0 Å². The second-order valence-electron chi connectivity index (χ2n) is 6.09. The Hall–Kier alpha value is -3.36. The molecule has 2 aromatic heterocycles. The monoisotopic (exact) mass is 357 g/mol. The molecule has 8 nitrogen and oxygen atoms in total. The Bertz CT molecular complexity index is 1030. The number of fused-ring (bicyclic) bond motifs is 1. The normalized spacial score (nSPS) is 11.1. The van der Waals surface area contributed by atoms with Gasteiger partial charge >= 0.3 is 0 Å². The molecule has 3 rings (SSSR count). The lowest BCUT2D eigenvalue weighted by molar-refractivity contribution is -0.384. The molecule has 0 spiro atoms. The summed E-state index contributed by atoms with van der Waals surface area (Å²) in [6.07, 6.45) is 1.60. The summed E-state index contributed by atoms with van der Waals surface area (Å²) in [7, 11) is 0. The lowest BCUT2D eigenvalue weighted by Crippen LogP contribution is -2.15. The highest BCUT2D eigenvalue weighted by Crippen LogP contribution is 2.24. The summed E-state index contributed by atoms with van der Waals surface area (Å²) in [6, 6.07) is 4.68. The number of amides is 1. The maximum absolute atomic E-state index is 13.9. The largest absolute Gasteiger partial charge is 0.319 e. The van der Waals surface area contributed by atoms with Crippen LogP contribution in [0.3, 0.4) is 0 Å². The average molecular weight is 357 g/mol. The van der Waals surface area contributed by atoms with Crippen molar-refractivity contribution >= 4 is 28.3 Å². The van der Waals surface area contributed by atoms with E-state index in [0.717, 1.165) is 18.2 Å². The van der Waals surface area contributed by atoms with Crippen LogP contribution in [0.25, 0.3) is 11.0 Å². The fourth-order valence-corrected chi connectivity index (χ4v) is 2.59. The van der Waals surface area contributed by atoms with E-state index in [4.69, 9.17) is 0 Å². The number of aryl methyl sites for hydroxylation is 1. The number of carbonyl (C=O) groups excluding carboxylic acids is 1. The van der Waals surface area contributed by atoms with Gasteiger partial charge in [-0.3, -0.25) is 14.9 Å². The van der Waals surface area contributed by atoms with Crippen LogP contribution in [-0.4, -0.2) is 25.6 Å². The van der Waals surface area contributed by atoms with Crippen molar-refractivity contribution in [2.75, 3.05) is 5.32 Å². The van der Waals surface area contributed by atoms with Crippen LogP contribution in [0.1, 0.15) is 35.9 Å². The van der Waals surface area contributed by atoms with Crippen molar-refractivity contribution in [1.82, 2.24) is 14.8 Å². The number of benzene rings is 1. The van der Waals surface area contributed by atoms with E-state index in [0.29, 0.717) is 16.7 Å². The smallest absolute Gasteiger partial charge is 0.271 e. The summed E-state index contributed by atoms with van der Waals surface area (Å²) in [5.41, 5.74) is 0.761. The quantitative estimate of drug-likeness (QED) is 0.567. The van der Waals surface area contributed by atoms with Gasteiger partial charge in [0.2, 0.25) is 0 Å². The first-order chi connectivity index (χ1) is 12.3. The van der Waals surface area contributed by atoms with Crippen molar-refractivity contribution in [3.05, 3.63) is 57.7 Å². The maximum Gasteiger partial charge on any atom is 0.271 e. The van der Waals surface area contributed by atoms with E-state index in [1.807, 2.05) is 13.8 Å². The highest BCUT2D eigenvalue weighted by Gasteiger charge is 2.18. The Balaban J connectivity index is 1.97. The Morgan fingerprint density at radius 3 is 2.73 bits per heavy atom.